The Morgan fingerprint density at radius 2 is 2.15 bits per heavy atom. The topological polar surface area (TPSA) is 57.9 Å². The number of halogens is 3. The fraction of sp³-hybridized carbons (Fsp3) is 0.167. The van der Waals surface area contributed by atoms with Crippen molar-refractivity contribution in [2.24, 2.45) is 0 Å². The summed E-state index contributed by atoms with van der Waals surface area (Å²) in [6, 6.07) is 5.14. The highest BCUT2D eigenvalue weighted by molar-refractivity contribution is 7.06. The predicted molar refractivity (Wildman–Crippen MR) is 76.5 cm³/mol. The van der Waals surface area contributed by atoms with Gasteiger partial charge in [-0.15, -0.1) is 11.3 Å². The summed E-state index contributed by atoms with van der Waals surface area (Å²) in [5, 5.41) is 13.2. The van der Waals surface area contributed by atoms with Crippen molar-refractivity contribution in [2.45, 2.75) is 13.1 Å². The van der Waals surface area contributed by atoms with Crippen LogP contribution in [0.1, 0.15) is 5.56 Å². The van der Waals surface area contributed by atoms with E-state index in [-0.39, 0.29) is 24.9 Å². The molecule has 0 atom stereocenters. The molecular formula is C12H11Cl3N3OS-. The quantitative estimate of drug-likeness (QED) is 0.778. The molecule has 0 saturated carbocycles. The summed E-state index contributed by atoms with van der Waals surface area (Å²) >= 11 is 13.1. The zero-order chi connectivity index (χ0) is 13.8. The number of thiazole rings is 1. The maximum absolute atomic E-state index is 11.7. The van der Waals surface area contributed by atoms with Crippen molar-refractivity contribution in [1.29, 1.82) is 5.41 Å². The van der Waals surface area contributed by atoms with Crippen LogP contribution in [0.4, 0.5) is 0 Å². The highest BCUT2D eigenvalue weighted by atomic mass is 35.5. The van der Waals surface area contributed by atoms with Crippen molar-refractivity contribution >= 4 is 40.4 Å². The number of aromatic nitrogens is 1. The lowest BCUT2D eigenvalue weighted by molar-refractivity contribution is -0.121. The number of nitrogens with one attached hydrogen (secondary N) is 2. The van der Waals surface area contributed by atoms with E-state index in [1.54, 1.807) is 34.3 Å². The van der Waals surface area contributed by atoms with Gasteiger partial charge in [0.25, 0.3) is 0 Å². The van der Waals surface area contributed by atoms with E-state index >= 15 is 0 Å². The molecule has 0 fully saturated rings. The molecule has 0 aliphatic heterocycles. The molecule has 0 saturated heterocycles. The van der Waals surface area contributed by atoms with Gasteiger partial charge in [-0.25, -0.2) is 0 Å². The van der Waals surface area contributed by atoms with Crippen molar-refractivity contribution < 1.29 is 17.2 Å². The van der Waals surface area contributed by atoms with Crippen LogP contribution in [0.25, 0.3) is 0 Å². The van der Waals surface area contributed by atoms with Crippen LogP contribution in [0.3, 0.4) is 0 Å². The minimum absolute atomic E-state index is 0. The maximum Gasteiger partial charge on any atom is 0.240 e. The van der Waals surface area contributed by atoms with E-state index in [4.69, 9.17) is 28.6 Å². The molecule has 1 heterocycles. The number of hydrogen-bond donors (Lipinski definition) is 2. The van der Waals surface area contributed by atoms with E-state index in [9.17, 15) is 4.79 Å². The molecule has 2 rings (SSSR count). The SMILES string of the molecule is N=c1sccn1CC(=O)NCc1ccc(Cl)cc1Cl.[Cl-]. The standard InChI is InChI=1S/C12H11Cl2N3OS.ClH/c13-9-2-1-8(10(14)5-9)6-16-11(18)7-17-3-4-19-12(17)15;/h1-5,15H,6-7H2,(H,16,18);1H/p-1. The average molecular weight is 352 g/mol. The summed E-state index contributed by atoms with van der Waals surface area (Å²) in [7, 11) is 0. The summed E-state index contributed by atoms with van der Waals surface area (Å²) in [5.74, 6) is -0.164. The van der Waals surface area contributed by atoms with Crippen molar-refractivity contribution in [3.8, 4) is 0 Å². The Morgan fingerprint density at radius 3 is 2.75 bits per heavy atom. The Kier molecular flexibility index (Phi) is 6.55. The van der Waals surface area contributed by atoms with Gasteiger partial charge in [0.05, 0.1) is 0 Å². The molecule has 0 bridgehead atoms. The number of rotatable bonds is 4. The number of benzene rings is 1. The van der Waals surface area contributed by atoms with Crippen LogP contribution in [0.5, 0.6) is 0 Å². The Balaban J connectivity index is 0.00000200. The van der Waals surface area contributed by atoms with Crippen LogP contribution in [0.15, 0.2) is 29.8 Å². The lowest BCUT2D eigenvalue weighted by Crippen LogP contribution is -3.00. The number of amides is 1. The molecule has 1 aromatic heterocycles. The number of hydrogen-bond acceptors (Lipinski definition) is 3. The lowest BCUT2D eigenvalue weighted by Gasteiger charge is -2.07. The molecular weight excluding hydrogens is 341 g/mol. The molecule has 0 radical (unpaired) electrons. The van der Waals surface area contributed by atoms with Gasteiger partial charge in [0.1, 0.15) is 6.54 Å². The van der Waals surface area contributed by atoms with E-state index in [1.807, 2.05) is 0 Å². The molecule has 108 valence electrons. The fourth-order valence-corrected chi connectivity index (χ4v) is 2.57. The first-order valence-electron chi connectivity index (χ1n) is 5.45. The van der Waals surface area contributed by atoms with E-state index in [1.165, 1.54) is 11.3 Å². The second-order valence-corrected chi connectivity index (χ2v) is 5.59. The molecule has 0 aliphatic carbocycles. The molecule has 4 nitrogen and oxygen atoms in total. The molecule has 0 aliphatic rings. The van der Waals surface area contributed by atoms with Gasteiger partial charge in [-0.1, -0.05) is 29.3 Å². The van der Waals surface area contributed by atoms with Gasteiger partial charge in [0, 0.05) is 28.2 Å². The van der Waals surface area contributed by atoms with Crippen LogP contribution in [-0.2, 0) is 17.9 Å². The minimum atomic E-state index is -0.164. The third-order valence-corrected chi connectivity index (χ3v) is 3.79. The van der Waals surface area contributed by atoms with Crippen molar-refractivity contribution in [1.82, 2.24) is 9.88 Å². The van der Waals surface area contributed by atoms with Crippen LogP contribution >= 0.6 is 34.5 Å². The average Bonchev–Trinajstić information content (AvgIpc) is 2.74. The molecule has 1 amide bonds. The van der Waals surface area contributed by atoms with Crippen molar-refractivity contribution in [3.05, 3.63) is 50.2 Å². The molecule has 2 aromatic rings. The highest BCUT2D eigenvalue weighted by Crippen LogP contribution is 2.20. The summed E-state index contributed by atoms with van der Waals surface area (Å²) in [6.45, 7) is 0.473. The third-order valence-electron chi connectivity index (χ3n) is 2.49. The molecule has 0 spiro atoms. The first-order valence-corrected chi connectivity index (χ1v) is 7.09. The van der Waals surface area contributed by atoms with Gasteiger partial charge < -0.3 is 22.3 Å². The van der Waals surface area contributed by atoms with Crippen LogP contribution in [0, 0.1) is 5.41 Å². The first-order chi connectivity index (χ1) is 9.06. The fourth-order valence-electron chi connectivity index (χ4n) is 1.50. The molecule has 8 heteroatoms. The van der Waals surface area contributed by atoms with E-state index in [2.05, 4.69) is 5.32 Å². The van der Waals surface area contributed by atoms with E-state index < -0.39 is 0 Å². The number of carbonyl (C=O) groups is 1. The highest BCUT2D eigenvalue weighted by Gasteiger charge is 2.06. The van der Waals surface area contributed by atoms with Gasteiger partial charge in [-0.3, -0.25) is 10.2 Å². The van der Waals surface area contributed by atoms with Gasteiger partial charge >= 0.3 is 0 Å². The second kappa shape index (κ2) is 7.69. The molecule has 1 aromatic carbocycles. The minimum Gasteiger partial charge on any atom is -1.00 e. The lowest BCUT2D eigenvalue weighted by atomic mass is 10.2. The summed E-state index contributed by atoms with van der Waals surface area (Å²) in [6.07, 6.45) is 1.71. The first kappa shape index (κ1) is 17.0. The molecule has 2 N–H and O–H groups in total. The largest absolute Gasteiger partial charge is 1.00 e. The Hall–Kier alpha value is -1.01. The summed E-state index contributed by atoms with van der Waals surface area (Å²) in [4.78, 5) is 12.1. The Bertz CT molecular complexity index is 653. The van der Waals surface area contributed by atoms with E-state index in [0.29, 0.717) is 21.4 Å². The van der Waals surface area contributed by atoms with E-state index in [0.717, 1.165) is 5.56 Å². The van der Waals surface area contributed by atoms with Crippen LogP contribution < -0.4 is 22.5 Å². The van der Waals surface area contributed by atoms with Crippen molar-refractivity contribution in [3.63, 3.8) is 0 Å². The van der Waals surface area contributed by atoms with Gasteiger partial charge in [0.2, 0.25) is 5.91 Å². The van der Waals surface area contributed by atoms with Gasteiger partial charge in [-0.2, -0.15) is 0 Å². The monoisotopic (exact) mass is 350 g/mol. The zero-order valence-corrected chi connectivity index (χ0v) is 13.3. The zero-order valence-electron chi connectivity index (χ0n) is 10.2. The molecule has 0 unspecified atom stereocenters. The maximum atomic E-state index is 11.7. The summed E-state index contributed by atoms with van der Waals surface area (Å²) < 4.78 is 1.57. The predicted octanol–water partition coefficient (Wildman–Crippen LogP) is -0.344. The second-order valence-electron chi connectivity index (χ2n) is 3.85. The summed E-state index contributed by atoms with van der Waals surface area (Å²) in [5.41, 5.74) is 0.806. The third kappa shape index (κ3) is 4.52. The Morgan fingerprint density at radius 1 is 1.40 bits per heavy atom. The van der Waals surface area contributed by atoms with Crippen LogP contribution in [0.2, 0.25) is 10.0 Å². The molecule has 20 heavy (non-hydrogen) atoms. The van der Waals surface area contributed by atoms with Crippen LogP contribution in [-0.4, -0.2) is 10.5 Å². The smallest absolute Gasteiger partial charge is 0.240 e. The van der Waals surface area contributed by atoms with Crippen molar-refractivity contribution in [2.75, 3.05) is 0 Å². The van der Waals surface area contributed by atoms with Gasteiger partial charge in [0.15, 0.2) is 4.80 Å². The van der Waals surface area contributed by atoms with Gasteiger partial charge in [-0.05, 0) is 17.7 Å². The Labute approximate surface area is 136 Å². The normalized spacial score (nSPS) is 9.90. The number of carbonyl (C=O) groups excluding carboxylic acids is 1. The number of nitrogens with zero attached hydrogens (tertiary/aromatic N) is 1.